The van der Waals surface area contributed by atoms with Crippen molar-refractivity contribution in [2.24, 2.45) is 5.73 Å². The van der Waals surface area contributed by atoms with Crippen molar-refractivity contribution in [3.05, 3.63) is 23.7 Å². The molecular formula is C10H14N2O2. The van der Waals surface area contributed by atoms with E-state index < -0.39 is 0 Å². The van der Waals surface area contributed by atoms with Gasteiger partial charge in [-0.05, 0) is 18.6 Å². The summed E-state index contributed by atoms with van der Waals surface area (Å²) in [5.41, 5.74) is 5.42. The number of carbonyl (C=O) groups excluding carboxylic acids is 1. The smallest absolute Gasteiger partial charge is 0.223 e. The van der Waals surface area contributed by atoms with Gasteiger partial charge in [0.1, 0.15) is 11.5 Å². The Labute approximate surface area is 82.7 Å². The first kappa shape index (κ1) is 9.27. The van der Waals surface area contributed by atoms with E-state index in [9.17, 15) is 4.79 Å². The summed E-state index contributed by atoms with van der Waals surface area (Å²) < 4.78 is 5.42. The Morgan fingerprint density at radius 2 is 2.21 bits per heavy atom. The van der Waals surface area contributed by atoms with Gasteiger partial charge in [-0.2, -0.15) is 0 Å². The van der Waals surface area contributed by atoms with Crippen molar-refractivity contribution in [3.63, 3.8) is 0 Å². The Kier molecular flexibility index (Phi) is 2.54. The molecule has 14 heavy (non-hydrogen) atoms. The zero-order valence-corrected chi connectivity index (χ0v) is 8.03. The standard InChI is InChI=1S/C10H14N2O2/c11-6-8-3-4-9(14-8)7-12-5-1-2-10(12)13/h3-4H,1-2,5-7,11H2. The van der Waals surface area contributed by atoms with Crippen LogP contribution < -0.4 is 5.73 Å². The van der Waals surface area contributed by atoms with E-state index in [0.29, 0.717) is 19.5 Å². The quantitative estimate of drug-likeness (QED) is 0.776. The van der Waals surface area contributed by atoms with Crippen LogP contribution in [0.5, 0.6) is 0 Å². The average Bonchev–Trinajstić information content (AvgIpc) is 2.77. The van der Waals surface area contributed by atoms with Gasteiger partial charge in [-0.15, -0.1) is 0 Å². The minimum absolute atomic E-state index is 0.218. The van der Waals surface area contributed by atoms with Crippen LogP contribution in [0, 0.1) is 0 Å². The van der Waals surface area contributed by atoms with Gasteiger partial charge in [-0.1, -0.05) is 0 Å². The molecule has 0 atom stereocenters. The summed E-state index contributed by atoms with van der Waals surface area (Å²) in [6, 6.07) is 3.74. The van der Waals surface area contributed by atoms with E-state index in [0.717, 1.165) is 24.5 Å². The van der Waals surface area contributed by atoms with Crippen LogP contribution in [0.1, 0.15) is 24.4 Å². The first-order chi connectivity index (χ1) is 6.79. The maximum Gasteiger partial charge on any atom is 0.223 e. The molecule has 0 aromatic carbocycles. The van der Waals surface area contributed by atoms with Crippen molar-refractivity contribution in [1.29, 1.82) is 0 Å². The van der Waals surface area contributed by atoms with Crippen LogP contribution in [-0.4, -0.2) is 17.4 Å². The molecule has 0 aliphatic carbocycles. The molecule has 4 nitrogen and oxygen atoms in total. The van der Waals surface area contributed by atoms with Crippen LogP contribution >= 0.6 is 0 Å². The van der Waals surface area contributed by atoms with Crippen molar-refractivity contribution >= 4 is 5.91 Å². The third-order valence-corrected chi connectivity index (χ3v) is 2.44. The minimum Gasteiger partial charge on any atom is -0.463 e. The van der Waals surface area contributed by atoms with Gasteiger partial charge < -0.3 is 15.1 Å². The van der Waals surface area contributed by atoms with E-state index in [1.807, 2.05) is 17.0 Å². The monoisotopic (exact) mass is 194 g/mol. The van der Waals surface area contributed by atoms with Gasteiger partial charge in [0, 0.05) is 13.0 Å². The Hall–Kier alpha value is -1.29. The van der Waals surface area contributed by atoms with E-state index in [2.05, 4.69) is 0 Å². The Balaban J connectivity index is 1.99. The predicted octanol–water partition coefficient (Wildman–Crippen LogP) is 0.861. The Morgan fingerprint density at radius 3 is 2.79 bits per heavy atom. The molecule has 0 bridgehead atoms. The molecule has 2 N–H and O–H groups in total. The number of carbonyl (C=O) groups is 1. The molecule has 0 saturated carbocycles. The van der Waals surface area contributed by atoms with E-state index in [-0.39, 0.29) is 5.91 Å². The molecule has 4 heteroatoms. The van der Waals surface area contributed by atoms with Crippen molar-refractivity contribution in [3.8, 4) is 0 Å². The zero-order valence-electron chi connectivity index (χ0n) is 8.03. The molecule has 1 amide bonds. The number of amides is 1. The van der Waals surface area contributed by atoms with Gasteiger partial charge in [0.15, 0.2) is 0 Å². The first-order valence-corrected chi connectivity index (χ1v) is 4.85. The average molecular weight is 194 g/mol. The number of hydrogen-bond donors (Lipinski definition) is 1. The summed E-state index contributed by atoms with van der Waals surface area (Å²) in [5, 5.41) is 0. The fourth-order valence-corrected chi connectivity index (χ4v) is 1.68. The lowest BCUT2D eigenvalue weighted by atomic mass is 10.4. The molecule has 0 spiro atoms. The molecular weight excluding hydrogens is 180 g/mol. The second kappa shape index (κ2) is 3.84. The lowest BCUT2D eigenvalue weighted by Gasteiger charge is -2.12. The summed E-state index contributed by atoms with van der Waals surface area (Å²) in [4.78, 5) is 13.1. The Morgan fingerprint density at radius 1 is 1.43 bits per heavy atom. The zero-order chi connectivity index (χ0) is 9.97. The molecule has 1 aromatic heterocycles. The molecule has 0 radical (unpaired) electrons. The van der Waals surface area contributed by atoms with Gasteiger partial charge in [0.25, 0.3) is 0 Å². The molecule has 1 aliphatic heterocycles. The highest BCUT2D eigenvalue weighted by Gasteiger charge is 2.20. The number of likely N-dealkylation sites (tertiary alicyclic amines) is 1. The van der Waals surface area contributed by atoms with Crippen molar-refractivity contribution in [2.75, 3.05) is 6.54 Å². The molecule has 0 unspecified atom stereocenters. The summed E-state index contributed by atoms with van der Waals surface area (Å²) >= 11 is 0. The van der Waals surface area contributed by atoms with Crippen molar-refractivity contribution in [1.82, 2.24) is 4.90 Å². The number of nitrogens with two attached hydrogens (primary N) is 1. The predicted molar refractivity (Wildman–Crippen MR) is 51.3 cm³/mol. The molecule has 1 saturated heterocycles. The van der Waals surface area contributed by atoms with Gasteiger partial charge in [0.2, 0.25) is 5.91 Å². The van der Waals surface area contributed by atoms with Gasteiger partial charge >= 0.3 is 0 Å². The third-order valence-electron chi connectivity index (χ3n) is 2.44. The molecule has 2 heterocycles. The van der Waals surface area contributed by atoms with Gasteiger partial charge in [-0.3, -0.25) is 4.79 Å². The number of hydrogen-bond acceptors (Lipinski definition) is 3. The van der Waals surface area contributed by atoms with E-state index in [1.54, 1.807) is 0 Å². The van der Waals surface area contributed by atoms with Crippen LogP contribution in [0.3, 0.4) is 0 Å². The van der Waals surface area contributed by atoms with Crippen LogP contribution in [0.4, 0.5) is 0 Å². The van der Waals surface area contributed by atoms with Crippen LogP contribution in [0.2, 0.25) is 0 Å². The Bertz CT molecular complexity index is 333. The van der Waals surface area contributed by atoms with Gasteiger partial charge in [-0.25, -0.2) is 0 Å². The molecule has 1 aromatic rings. The molecule has 1 aliphatic rings. The molecule has 76 valence electrons. The van der Waals surface area contributed by atoms with Crippen molar-refractivity contribution in [2.45, 2.75) is 25.9 Å². The fourth-order valence-electron chi connectivity index (χ4n) is 1.68. The maximum absolute atomic E-state index is 11.3. The van der Waals surface area contributed by atoms with E-state index >= 15 is 0 Å². The third kappa shape index (κ3) is 1.80. The lowest BCUT2D eigenvalue weighted by Crippen LogP contribution is -2.23. The maximum atomic E-state index is 11.3. The van der Waals surface area contributed by atoms with Crippen molar-refractivity contribution < 1.29 is 9.21 Å². The van der Waals surface area contributed by atoms with Gasteiger partial charge in [0.05, 0.1) is 13.1 Å². The summed E-state index contributed by atoms with van der Waals surface area (Å²) in [7, 11) is 0. The first-order valence-electron chi connectivity index (χ1n) is 4.85. The highest BCUT2D eigenvalue weighted by atomic mass is 16.3. The van der Waals surface area contributed by atoms with Crippen LogP contribution in [0.25, 0.3) is 0 Å². The van der Waals surface area contributed by atoms with Crippen LogP contribution in [-0.2, 0) is 17.9 Å². The number of rotatable bonds is 3. The summed E-state index contributed by atoms with van der Waals surface area (Å²) in [6.07, 6.45) is 1.63. The normalized spacial score (nSPS) is 16.6. The van der Waals surface area contributed by atoms with E-state index in [1.165, 1.54) is 0 Å². The van der Waals surface area contributed by atoms with E-state index in [4.69, 9.17) is 10.2 Å². The number of nitrogens with zero attached hydrogens (tertiary/aromatic N) is 1. The van der Waals surface area contributed by atoms with Crippen LogP contribution in [0.15, 0.2) is 16.5 Å². The number of furan rings is 1. The second-order valence-electron chi connectivity index (χ2n) is 3.49. The molecule has 2 rings (SSSR count). The molecule has 1 fully saturated rings. The highest BCUT2D eigenvalue weighted by Crippen LogP contribution is 2.15. The SMILES string of the molecule is NCc1ccc(CN2CCCC2=O)o1. The largest absolute Gasteiger partial charge is 0.463 e. The highest BCUT2D eigenvalue weighted by molar-refractivity contribution is 5.77. The summed E-state index contributed by atoms with van der Waals surface area (Å²) in [5.74, 6) is 1.81. The topological polar surface area (TPSA) is 59.5 Å². The minimum atomic E-state index is 0.218. The second-order valence-corrected chi connectivity index (χ2v) is 3.49. The summed E-state index contributed by atoms with van der Waals surface area (Å²) in [6.45, 7) is 1.84. The fraction of sp³-hybridized carbons (Fsp3) is 0.500. The lowest BCUT2D eigenvalue weighted by molar-refractivity contribution is -0.128.